The second-order valence-corrected chi connectivity index (χ2v) is 3.26. The number of halogens is 1. The van der Waals surface area contributed by atoms with Crippen LogP contribution < -0.4 is 16.2 Å². The molecule has 0 bridgehead atoms. The number of hydrogen-bond donors (Lipinski definition) is 3. The van der Waals surface area contributed by atoms with Gasteiger partial charge in [0.1, 0.15) is 5.69 Å². The molecule has 14 heavy (non-hydrogen) atoms. The molecule has 78 valence electrons. The van der Waals surface area contributed by atoms with Crippen molar-refractivity contribution < 1.29 is 10.4 Å². The Morgan fingerprint density at radius 1 is 1.29 bits per heavy atom. The smallest absolute Gasteiger partial charge is 0.120 e. The Kier molecular flexibility index (Phi) is 3.13. The van der Waals surface area contributed by atoms with Gasteiger partial charge in [-0.15, -0.1) is 5.23 Å². The lowest BCUT2D eigenvalue weighted by Gasteiger charge is -2.38. The molecule has 1 aromatic carbocycles. The van der Waals surface area contributed by atoms with Crippen molar-refractivity contribution in [2.75, 3.05) is 16.2 Å². The minimum absolute atomic E-state index is 0.000556. The Morgan fingerprint density at radius 3 is 2.29 bits per heavy atom. The van der Waals surface area contributed by atoms with Crippen LogP contribution in [-0.4, -0.2) is 10.4 Å². The van der Waals surface area contributed by atoms with Crippen LogP contribution in [0.1, 0.15) is 0 Å². The summed E-state index contributed by atoms with van der Waals surface area (Å²) in [5.41, 5.74) is 4.87. The molecule has 0 aliphatic carbocycles. The van der Waals surface area contributed by atoms with Gasteiger partial charge in [0.25, 0.3) is 0 Å². The van der Waals surface area contributed by atoms with Crippen LogP contribution in [0, 0.1) is 10.4 Å². The van der Waals surface area contributed by atoms with E-state index in [1.54, 1.807) is 0 Å². The molecule has 0 aliphatic rings. The van der Waals surface area contributed by atoms with E-state index in [0.717, 1.165) is 6.07 Å². The molecule has 0 saturated heterocycles. The van der Waals surface area contributed by atoms with Crippen LogP contribution in [0.2, 0.25) is 0 Å². The zero-order valence-electron chi connectivity index (χ0n) is 6.72. The first-order chi connectivity index (χ1) is 6.43. The van der Waals surface area contributed by atoms with E-state index in [1.807, 2.05) is 0 Å². The van der Waals surface area contributed by atoms with Crippen LogP contribution in [0.5, 0.6) is 0 Å². The highest BCUT2D eigenvalue weighted by Gasteiger charge is 2.09. The van der Waals surface area contributed by atoms with Gasteiger partial charge in [-0.1, -0.05) is 0 Å². The fraction of sp³-hybridized carbons (Fsp3) is 0. The molecule has 0 radical (unpaired) electrons. The van der Waals surface area contributed by atoms with Crippen molar-refractivity contribution in [3.8, 4) is 0 Å². The first-order valence-electron chi connectivity index (χ1n) is 3.34. The highest BCUT2D eigenvalue weighted by Crippen LogP contribution is 2.34. The molecule has 7 nitrogen and oxygen atoms in total. The fourth-order valence-electron chi connectivity index (χ4n) is 0.860. The lowest BCUT2D eigenvalue weighted by Crippen LogP contribution is -2.14. The molecule has 0 aromatic heterocycles. The molecule has 0 aliphatic heterocycles. The summed E-state index contributed by atoms with van der Waals surface area (Å²) in [4.78, 5) is 0. The Morgan fingerprint density at radius 2 is 1.86 bits per heavy atom. The standard InChI is InChI=1S/C6H6BrN3O4/c7-4-1-3(9(11)12)2-5(6(4)8)10(13)14/h1-2,13-14H,8H2/q-2. The van der Waals surface area contributed by atoms with Crippen LogP contribution in [0.4, 0.5) is 17.1 Å². The Labute approximate surface area is 87.2 Å². The molecule has 1 aromatic rings. The van der Waals surface area contributed by atoms with Crippen LogP contribution in [0.15, 0.2) is 16.6 Å². The second-order valence-electron chi connectivity index (χ2n) is 2.41. The fourth-order valence-corrected chi connectivity index (χ4v) is 1.30. The summed E-state index contributed by atoms with van der Waals surface area (Å²) in [5, 5.41) is 37.3. The molecule has 0 atom stereocenters. The number of rotatable bonds is 2. The largest absolute Gasteiger partial charge is 0.769 e. The van der Waals surface area contributed by atoms with Crippen LogP contribution >= 0.6 is 15.9 Å². The monoisotopic (exact) mass is 263 g/mol. The zero-order valence-corrected chi connectivity index (χ0v) is 8.30. The number of nitrogens with zero attached hydrogens (tertiary/aromatic N) is 2. The van der Waals surface area contributed by atoms with E-state index < -0.39 is 5.23 Å². The third-order valence-corrected chi connectivity index (χ3v) is 2.17. The van der Waals surface area contributed by atoms with Gasteiger partial charge in [-0.3, -0.25) is 10.4 Å². The van der Waals surface area contributed by atoms with E-state index in [0.29, 0.717) is 0 Å². The van der Waals surface area contributed by atoms with Crippen molar-refractivity contribution in [3.63, 3.8) is 0 Å². The van der Waals surface area contributed by atoms with Crippen molar-refractivity contribution in [1.82, 2.24) is 0 Å². The minimum atomic E-state index is -0.669. The molecular weight excluding hydrogens is 258 g/mol. The summed E-state index contributed by atoms with van der Waals surface area (Å²) >= 11 is 2.96. The van der Waals surface area contributed by atoms with Crippen LogP contribution in [-0.2, 0) is 0 Å². The highest BCUT2D eigenvalue weighted by atomic mass is 79.9. The van der Waals surface area contributed by atoms with Gasteiger partial charge in [-0.05, 0) is 28.1 Å². The first kappa shape index (κ1) is 11.0. The van der Waals surface area contributed by atoms with Crippen molar-refractivity contribution in [2.45, 2.75) is 0 Å². The highest BCUT2D eigenvalue weighted by molar-refractivity contribution is 9.10. The maximum atomic E-state index is 10.4. The number of benzene rings is 1. The minimum Gasteiger partial charge on any atom is -0.769 e. The summed E-state index contributed by atoms with van der Waals surface area (Å²) in [5.74, 6) is 0. The summed E-state index contributed by atoms with van der Waals surface area (Å²) in [6.45, 7) is 0. The average Bonchev–Trinajstić information content (AvgIpc) is 2.08. The third-order valence-electron chi connectivity index (χ3n) is 1.52. The SMILES string of the molecule is Nc1c(Br)cc(N([O-])[O-])cc1N(O)O. The van der Waals surface area contributed by atoms with Gasteiger partial charge in [-0.2, -0.15) is 0 Å². The summed E-state index contributed by atoms with van der Waals surface area (Å²) in [6, 6.07) is 2.11. The number of nitrogens with two attached hydrogens (primary N) is 1. The molecule has 0 unspecified atom stereocenters. The molecule has 0 amide bonds. The van der Waals surface area contributed by atoms with Gasteiger partial charge < -0.3 is 21.4 Å². The van der Waals surface area contributed by atoms with Gasteiger partial charge in [0, 0.05) is 10.2 Å². The lowest BCUT2D eigenvalue weighted by atomic mass is 10.2. The molecule has 8 heteroatoms. The molecule has 0 heterocycles. The van der Waals surface area contributed by atoms with Crippen molar-refractivity contribution in [3.05, 3.63) is 27.0 Å². The average molecular weight is 264 g/mol. The van der Waals surface area contributed by atoms with E-state index in [1.165, 1.54) is 6.07 Å². The molecule has 1 rings (SSSR count). The van der Waals surface area contributed by atoms with E-state index >= 15 is 0 Å². The molecule has 0 saturated carbocycles. The number of nitrogen functional groups attached to an aromatic ring is 1. The third kappa shape index (κ3) is 2.05. The summed E-state index contributed by atoms with van der Waals surface area (Å²) < 4.78 is 0.217. The topological polar surface area (TPSA) is 119 Å². The van der Waals surface area contributed by atoms with Gasteiger partial charge >= 0.3 is 0 Å². The summed E-state index contributed by atoms with van der Waals surface area (Å²) in [6.07, 6.45) is 0. The maximum Gasteiger partial charge on any atom is 0.120 e. The van der Waals surface area contributed by atoms with E-state index in [-0.39, 0.29) is 26.8 Å². The first-order valence-corrected chi connectivity index (χ1v) is 4.14. The molecular formula is C6H6BrN3O4-2. The molecule has 0 spiro atoms. The Bertz CT molecular complexity index is 344. The molecule has 0 fully saturated rings. The number of hydrogen-bond acceptors (Lipinski definition) is 7. The van der Waals surface area contributed by atoms with Crippen molar-refractivity contribution in [2.24, 2.45) is 0 Å². The van der Waals surface area contributed by atoms with E-state index in [9.17, 15) is 10.4 Å². The number of anilines is 3. The Balaban J connectivity index is 3.28. The quantitative estimate of drug-likeness (QED) is 0.545. The van der Waals surface area contributed by atoms with Crippen molar-refractivity contribution in [1.29, 1.82) is 0 Å². The molecule has 4 N–H and O–H groups in total. The second kappa shape index (κ2) is 3.98. The predicted molar refractivity (Wildman–Crippen MR) is 53.8 cm³/mol. The summed E-state index contributed by atoms with van der Waals surface area (Å²) in [7, 11) is 0. The predicted octanol–water partition coefficient (Wildman–Crippen LogP) is 1.42. The maximum absolute atomic E-state index is 10.4. The van der Waals surface area contributed by atoms with E-state index in [4.69, 9.17) is 16.1 Å². The van der Waals surface area contributed by atoms with Crippen molar-refractivity contribution >= 4 is 33.0 Å². The normalized spacial score (nSPS) is 10.1. The van der Waals surface area contributed by atoms with Gasteiger partial charge in [-0.25, -0.2) is 0 Å². The zero-order chi connectivity index (χ0) is 10.9. The lowest BCUT2D eigenvalue weighted by molar-refractivity contribution is 0.0296. The van der Waals surface area contributed by atoms with Gasteiger partial charge in [0.15, 0.2) is 0 Å². The van der Waals surface area contributed by atoms with Crippen LogP contribution in [0.3, 0.4) is 0 Å². The van der Waals surface area contributed by atoms with Gasteiger partial charge in [0.05, 0.1) is 5.69 Å². The van der Waals surface area contributed by atoms with Crippen LogP contribution in [0.25, 0.3) is 0 Å². The Hall–Kier alpha value is -1.06. The van der Waals surface area contributed by atoms with Gasteiger partial charge in [0.2, 0.25) is 0 Å². The van der Waals surface area contributed by atoms with E-state index in [2.05, 4.69) is 15.9 Å².